The maximum absolute atomic E-state index is 13.0. The lowest BCUT2D eigenvalue weighted by Crippen LogP contribution is -2.18. The molecule has 0 atom stereocenters. The Hall–Kier alpha value is -3.48. The van der Waals surface area contributed by atoms with Crippen LogP contribution >= 0.6 is 0 Å². The summed E-state index contributed by atoms with van der Waals surface area (Å²) in [5, 5.41) is 7.78. The summed E-state index contributed by atoms with van der Waals surface area (Å²) in [6.07, 6.45) is 0.116. The Balaban J connectivity index is 1.87. The first-order valence-electron chi connectivity index (χ1n) is 10.5. The van der Waals surface area contributed by atoms with E-state index in [0.29, 0.717) is 35.2 Å². The van der Waals surface area contributed by atoms with E-state index in [4.69, 9.17) is 19.3 Å². The van der Waals surface area contributed by atoms with E-state index in [0.717, 1.165) is 11.3 Å². The maximum atomic E-state index is 13.0. The molecule has 1 aromatic heterocycles. The van der Waals surface area contributed by atoms with Crippen molar-refractivity contribution in [1.82, 2.24) is 9.78 Å². The number of rotatable bonds is 8. The number of aromatic nitrogens is 2. The maximum Gasteiger partial charge on any atom is 0.230 e. The molecule has 0 unspecified atom stereocenters. The molecule has 3 rings (SSSR count). The molecule has 1 N–H and O–H groups in total. The number of hydrogen-bond donors (Lipinski definition) is 1. The molecule has 1 heterocycles. The van der Waals surface area contributed by atoms with Crippen molar-refractivity contribution in [2.45, 2.75) is 39.2 Å². The molecule has 0 saturated carbocycles. The Labute approximate surface area is 189 Å². The highest BCUT2D eigenvalue weighted by atomic mass is 16.5. The second-order valence-corrected chi connectivity index (χ2v) is 8.53. The largest absolute Gasteiger partial charge is 0.493 e. The summed E-state index contributed by atoms with van der Waals surface area (Å²) >= 11 is 0. The highest BCUT2D eigenvalue weighted by molar-refractivity contribution is 5.92. The number of ether oxygens (including phenoxy) is 3. The Bertz CT molecular complexity index is 1070. The third-order valence-corrected chi connectivity index (χ3v) is 5.13. The van der Waals surface area contributed by atoms with Gasteiger partial charge < -0.3 is 19.5 Å². The van der Waals surface area contributed by atoms with Crippen molar-refractivity contribution in [3.63, 3.8) is 0 Å². The van der Waals surface area contributed by atoms with Gasteiger partial charge in [0, 0.05) is 17.0 Å². The zero-order chi connectivity index (χ0) is 23.3. The van der Waals surface area contributed by atoms with Gasteiger partial charge in [0.15, 0.2) is 11.5 Å². The minimum atomic E-state index is -0.176. The van der Waals surface area contributed by atoms with E-state index in [9.17, 15) is 4.79 Å². The van der Waals surface area contributed by atoms with Crippen molar-refractivity contribution < 1.29 is 19.0 Å². The van der Waals surface area contributed by atoms with Crippen LogP contribution in [0.5, 0.6) is 17.2 Å². The minimum absolute atomic E-state index is 0.116. The van der Waals surface area contributed by atoms with Crippen LogP contribution in [0.15, 0.2) is 48.5 Å². The zero-order valence-corrected chi connectivity index (χ0v) is 19.6. The van der Waals surface area contributed by atoms with Crippen LogP contribution in [0, 0.1) is 0 Å². The monoisotopic (exact) mass is 437 g/mol. The molecule has 7 heteroatoms. The fraction of sp³-hybridized carbons (Fsp3) is 0.360. The normalized spacial score (nSPS) is 11.2. The number of methoxy groups -OCH3 is 3. The van der Waals surface area contributed by atoms with Gasteiger partial charge in [0.25, 0.3) is 0 Å². The predicted molar refractivity (Wildman–Crippen MR) is 125 cm³/mol. The average molecular weight is 438 g/mol. The SMILES string of the molecule is COc1ccc(CC(=O)Nc2cc(C(C)(C)C)nn2Cc2ccccc2)c(OC)c1OC. The van der Waals surface area contributed by atoms with Crippen molar-refractivity contribution in [2.75, 3.05) is 26.6 Å². The molecule has 0 spiro atoms. The Morgan fingerprint density at radius 2 is 1.66 bits per heavy atom. The molecule has 0 bridgehead atoms. The standard InChI is InChI=1S/C25H31N3O4/c1-25(2,3)20-15-21(28(27-20)16-17-10-8-7-9-11-17)26-22(29)14-18-12-13-19(30-4)24(32-6)23(18)31-5/h7-13,15H,14,16H2,1-6H3,(H,26,29). The summed E-state index contributed by atoms with van der Waals surface area (Å²) in [7, 11) is 4.65. The molecular weight excluding hydrogens is 406 g/mol. The average Bonchev–Trinajstić information content (AvgIpc) is 3.16. The molecule has 0 fully saturated rings. The van der Waals surface area contributed by atoms with Gasteiger partial charge in [0.2, 0.25) is 11.7 Å². The molecule has 0 aliphatic carbocycles. The number of carbonyl (C=O) groups excluding carboxylic acids is 1. The highest BCUT2D eigenvalue weighted by Crippen LogP contribution is 2.40. The molecule has 0 aliphatic rings. The quantitative estimate of drug-likeness (QED) is 0.564. The van der Waals surface area contributed by atoms with Crippen LogP contribution in [0.2, 0.25) is 0 Å². The first-order valence-corrected chi connectivity index (χ1v) is 10.5. The number of benzene rings is 2. The van der Waals surface area contributed by atoms with Crippen LogP contribution in [0.4, 0.5) is 5.82 Å². The summed E-state index contributed by atoms with van der Waals surface area (Å²) in [5.74, 6) is 1.97. The van der Waals surface area contributed by atoms with Crippen molar-refractivity contribution in [1.29, 1.82) is 0 Å². The van der Waals surface area contributed by atoms with Crippen molar-refractivity contribution in [2.24, 2.45) is 0 Å². The van der Waals surface area contributed by atoms with E-state index < -0.39 is 0 Å². The molecule has 32 heavy (non-hydrogen) atoms. The van der Waals surface area contributed by atoms with Gasteiger partial charge in [-0.25, -0.2) is 4.68 Å². The third-order valence-electron chi connectivity index (χ3n) is 5.13. The van der Waals surface area contributed by atoms with Gasteiger partial charge in [-0.05, 0) is 11.6 Å². The van der Waals surface area contributed by atoms with Crippen LogP contribution in [0.3, 0.4) is 0 Å². The second kappa shape index (κ2) is 9.77. The van der Waals surface area contributed by atoms with Crippen LogP contribution in [-0.4, -0.2) is 37.0 Å². The number of nitrogens with zero attached hydrogens (tertiary/aromatic N) is 2. The molecule has 7 nitrogen and oxygen atoms in total. The first kappa shape index (κ1) is 23.2. The fourth-order valence-corrected chi connectivity index (χ4v) is 3.42. The number of anilines is 1. The van der Waals surface area contributed by atoms with Gasteiger partial charge in [-0.3, -0.25) is 4.79 Å². The minimum Gasteiger partial charge on any atom is -0.493 e. The molecule has 0 saturated heterocycles. The summed E-state index contributed by atoms with van der Waals surface area (Å²) in [4.78, 5) is 13.0. The number of hydrogen-bond acceptors (Lipinski definition) is 5. The van der Waals surface area contributed by atoms with E-state index in [2.05, 4.69) is 26.1 Å². The molecule has 0 aliphatic heterocycles. The lowest BCUT2D eigenvalue weighted by Gasteiger charge is -2.16. The molecule has 3 aromatic rings. The smallest absolute Gasteiger partial charge is 0.230 e. The van der Waals surface area contributed by atoms with Crippen molar-refractivity contribution in [3.05, 3.63) is 65.4 Å². The van der Waals surface area contributed by atoms with Gasteiger partial charge in [-0.1, -0.05) is 57.2 Å². The van der Waals surface area contributed by atoms with Gasteiger partial charge in [0.05, 0.1) is 40.0 Å². The number of nitrogens with one attached hydrogen (secondary N) is 1. The number of carbonyl (C=O) groups is 1. The second-order valence-electron chi connectivity index (χ2n) is 8.53. The van der Waals surface area contributed by atoms with Gasteiger partial charge in [-0.15, -0.1) is 0 Å². The zero-order valence-electron chi connectivity index (χ0n) is 19.6. The first-order chi connectivity index (χ1) is 15.3. The molecule has 0 radical (unpaired) electrons. The summed E-state index contributed by atoms with van der Waals surface area (Å²) in [5.41, 5.74) is 2.57. The fourth-order valence-electron chi connectivity index (χ4n) is 3.42. The van der Waals surface area contributed by atoms with Crippen LogP contribution < -0.4 is 19.5 Å². The summed E-state index contributed by atoms with van der Waals surface area (Å²) in [6.45, 7) is 6.86. The Kier molecular flexibility index (Phi) is 7.08. The molecule has 2 aromatic carbocycles. The van der Waals surface area contributed by atoms with E-state index >= 15 is 0 Å². The van der Waals surface area contributed by atoms with Crippen LogP contribution in [0.25, 0.3) is 0 Å². The van der Waals surface area contributed by atoms with Crippen LogP contribution in [-0.2, 0) is 23.2 Å². The van der Waals surface area contributed by atoms with E-state index in [-0.39, 0.29) is 17.7 Å². The highest BCUT2D eigenvalue weighted by Gasteiger charge is 2.22. The molecule has 170 valence electrons. The molecule has 1 amide bonds. The van der Waals surface area contributed by atoms with E-state index in [1.807, 2.05) is 47.1 Å². The van der Waals surface area contributed by atoms with E-state index in [1.54, 1.807) is 27.4 Å². The lowest BCUT2D eigenvalue weighted by atomic mass is 9.92. The summed E-state index contributed by atoms with van der Waals surface area (Å²) in [6, 6.07) is 15.6. The number of amides is 1. The Morgan fingerprint density at radius 3 is 2.25 bits per heavy atom. The molecular formula is C25H31N3O4. The lowest BCUT2D eigenvalue weighted by molar-refractivity contribution is -0.115. The van der Waals surface area contributed by atoms with Gasteiger partial charge in [-0.2, -0.15) is 5.10 Å². The van der Waals surface area contributed by atoms with Crippen molar-refractivity contribution in [3.8, 4) is 17.2 Å². The van der Waals surface area contributed by atoms with E-state index in [1.165, 1.54) is 0 Å². The predicted octanol–water partition coefficient (Wildman–Crippen LogP) is 4.44. The van der Waals surface area contributed by atoms with Gasteiger partial charge >= 0.3 is 0 Å². The Morgan fingerprint density at radius 1 is 0.969 bits per heavy atom. The van der Waals surface area contributed by atoms with Gasteiger partial charge in [0.1, 0.15) is 5.82 Å². The van der Waals surface area contributed by atoms with Crippen molar-refractivity contribution >= 4 is 11.7 Å². The summed E-state index contributed by atoms with van der Waals surface area (Å²) < 4.78 is 18.1. The van der Waals surface area contributed by atoms with Crippen LogP contribution in [0.1, 0.15) is 37.6 Å². The third kappa shape index (κ3) is 5.22. The topological polar surface area (TPSA) is 74.6 Å².